The Hall–Kier alpha value is -2.19. The third-order valence-corrected chi connectivity index (χ3v) is 3.66. The van der Waals surface area contributed by atoms with Gasteiger partial charge in [0.05, 0.1) is 5.57 Å². The lowest BCUT2D eigenvalue weighted by atomic mass is 10.1. The van der Waals surface area contributed by atoms with Gasteiger partial charge in [-0.25, -0.2) is 9.79 Å². The minimum Gasteiger partial charge on any atom is -0.478 e. The fourth-order valence-electron chi connectivity index (χ4n) is 1.86. The fraction of sp³-hybridized carbons (Fsp3) is 0.167. The van der Waals surface area contributed by atoms with Crippen molar-refractivity contribution in [3.05, 3.63) is 47.7 Å². The molecule has 0 radical (unpaired) electrons. The molecule has 106 valence electrons. The van der Waals surface area contributed by atoms with Crippen LogP contribution in [0.15, 0.2) is 47.1 Å². The molecule has 1 aromatic carbocycles. The highest BCUT2D eigenvalue weighted by atomic mass is 32.2. The van der Waals surface area contributed by atoms with Gasteiger partial charge >= 0.3 is 5.97 Å². The molecule has 0 saturated carbocycles. The molecule has 0 bridgehead atoms. The Morgan fingerprint density at radius 2 is 1.90 bits per heavy atom. The van der Waals surface area contributed by atoms with Crippen LogP contribution in [-0.4, -0.2) is 47.2 Å². The number of benzene rings is 1. The molecule has 1 heterocycles. The maximum absolute atomic E-state index is 11.3. The molecule has 2 N–H and O–H groups in total. The van der Waals surface area contributed by atoms with Crippen LogP contribution in [0.3, 0.4) is 0 Å². The number of aliphatic imine (C=N–C) groups is 1. The largest absolute Gasteiger partial charge is 0.478 e. The molecule has 1 aliphatic heterocycles. The summed E-state index contributed by atoms with van der Waals surface area (Å²) in [6, 6.07) is 8.67. The zero-order valence-corrected chi connectivity index (χ0v) is 11.3. The van der Waals surface area contributed by atoms with Crippen LogP contribution in [0, 0.1) is 0 Å². The molecule has 7 nitrogen and oxygen atoms in total. The molecule has 1 aliphatic rings. The lowest BCUT2D eigenvalue weighted by molar-refractivity contribution is -0.132. The fourth-order valence-corrected chi connectivity index (χ4v) is 2.57. The molecule has 0 aromatic heterocycles. The van der Waals surface area contributed by atoms with Crippen molar-refractivity contribution in [2.75, 3.05) is 7.05 Å². The van der Waals surface area contributed by atoms with E-state index in [1.54, 1.807) is 37.4 Å². The summed E-state index contributed by atoms with van der Waals surface area (Å²) in [7, 11) is -3.10. The van der Waals surface area contributed by atoms with Crippen LogP contribution in [0.4, 0.5) is 0 Å². The SMILES string of the molecule is CN1C=C(C(=O)O)C(S(=O)(=O)O)N=C1c1ccccc1. The molecule has 1 unspecified atom stereocenters. The second kappa shape index (κ2) is 5.06. The summed E-state index contributed by atoms with van der Waals surface area (Å²) in [5.41, 5.74) is 0.110. The topological polar surface area (TPSA) is 107 Å². The van der Waals surface area contributed by atoms with Gasteiger partial charge in [-0.2, -0.15) is 8.42 Å². The summed E-state index contributed by atoms with van der Waals surface area (Å²) in [4.78, 5) is 16.3. The average Bonchev–Trinajstić information content (AvgIpc) is 2.38. The first-order valence-corrected chi connectivity index (χ1v) is 7.08. The summed E-state index contributed by atoms with van der Waals surface area (Å²) in [6.45, 7) is 0. The van der Waals surface area contributed by atoms with Gasteiger partial charge in [0.15, 0.2) is 0 Å². The highest BCUT2D eigenvalue weighted by Crippen LogP contribution is 2.21. The van der Waals surface area contributed by atoms with Crippen LogP contribution in [0.25, 0.3) is 0 Å². The van der Waals surface area contributed by atoms with Gasteiger partial charge in [-0.1, -0.05) is 30.3 Å². The van der Waals surface area contributed by atoms with E-state index in [9.17, 15) is 13.2 Å². The number of amidine groups is 1. The average molecular weight is 296 g/mol. The zero-order valence-electron chi connectivity index (χ0n) is 10.5. The summed E-state index contributed by atoms with van der Waals surface area (Å²) < 4.78 is 31.8. The monoisotopic (exact) mass is 296 g/mol. The van der Waals surface area contributed by atoms with E-state index in [4.69, 9.17) is 9.66 Å². The Labute approximate surface area is 115 Å². The molecule has 0 saturated heterocycles. The van der Waals surface area contributed by atoms with E-state index in [-0.39, 0.29) is 5.84 Å². The highest BCUT2D eigenvalue weighted by Gasteiger charge is 2.35. The van der Waals surface area contributed by atoms with Gasteiger partial charge in [0.25, 0.3) is 10.1 Å². The predicted molar refractivity (Wildman–Crippen MR) is 71.8 cm³/mol. The molecule has 2 rings (SSSR count). The van der Waals surface area contributed by atoms with Crippen LogP contribution in [0.2, 0.25) is 0 Å². The van der Waals surface area contributed by atoms with Crippen LogP contribution >= 0.6 is 0 Å². The van der Waals surface area contributed by atoms with Gasteiger partial charge < -0.3 is 10.0 Å². The van der Waals surface area contributed by atoms with E-state index in [2.05, 4.69) is 4.99 Å². The number of carboxylic acid groups (broad SMARTS) is 1. The standard InChI is InChI=1S/C12H12N2O5S/c1-14-7-9(12(15)16)11(20(17,18)19)13-10(14)8-5-3-2-4-6-8/h2-7,11H,1H3,(H,15,16)(H,17,18,19). The number of carbonyl (C=O) groups is 1. The first-order valence-electron chi connectivity index (χ1n) is 5.58. The van der Waals surface area contributed by atoms with E-state index in [0.29, 0.717) is 5.56 Å². The number of rotatable bonds is 3. The van der Waals surface area contributed by atoms with Gasteiger partial charge in [0.2, 0.25) is 5.37 Å². The molecule has 1 aromatic rings. The Kier molecular flexibility index (Phi) is 3.60. The third kappa shape index (κ3) is 2.70. The lowest BCUT2D eigenvalue weighted by Gasteiger charge is -2.25. The summed E-state index contributed by atoms with van der Waals surface area (Å²) >= 11 is 0. The normalized spacial score (nSPS) is 19.3. The van der Waals surface area contributed by atoms with E-state index in [1.165, 1.54) is 4.90 Å². The maximum Gasteiger partial charge on any atom is 0.336 e. The number of carboxylic acids is 1. The second-order valence-electron chi connectivity index (χ2n) is 4.19. The molecule has 0 amide bonds. The first-order chi connectivity index (χ1) is 9.30. The second-order valence-corrected chi connectivity index (χ2v) is 5.66. The lowest BCUT2D eigenvalue weighted by Crippen LogP contribution is -2.36. The van der Waals surface area contributed by atoms with E-state index >= 15 is 0 Å². The zero-order chi connectivity index (χ0) is 14.9. The van der Waals surface area contributed by atoms with Gasteiger partial charge in [-0.3, -0.25) is 4.55 Å². The van der Waals surface area contributed by atoms with Crippen LogP contribution in [-0.2, 0) is 14.9 Å². The number of hydrogen-bond donors (Lipinski definition) is 2. The number of nitrogens with zero attached hydrogens (tertiary/aromatic N) is 2. The van der Waals surface area contributed by atoms with E-state index in [0.717, 1.165) is 6.20 Å². The summed E-state index contributed by atoms with van der Waals surface area (Å²) in [5, 5.41) is 7.18. The molecule has 0 fully saturated rings. The van der Waals surface area contributed by atoms with Crippen molar-refractivity contribution < 1.29 is 22.9 Å². The summed E-state index contributed by atoms with van der Waals surface area (Å²) in [5.74, 6) is -1.19. The Balaban J connectivity index is 2.54. The molecule has 0 aliphatic carbocycles. The molecule has 8 heteroatoms. The smallest absolute Gasteiger partial charge is 0.336 e. The molecule has 0 spiro atoms. The minimum atomic E-state index is -4.65. The Bertz CT molecular complexity index is 694. The molecular formula is C12H12N2O5S. The quantitative estimate of drug-likeness (QED) is 0.789. The van der Waals surface area contributed by atoms with Crippen molar-refractivity contribution in [1.82, 2.24) is 4.90 Å². The van der Waals surface area contributed by atoms with Crippen molar-refractivity contribution in [2.45, 2.75) is 5.37 Å². The Morgan fingerprint density at radius 1 is 1.30 bits per heavy atom. The van der Waals surface area contributed by atoms with Crippen LogP contribution < -0.4 is 0 Å². The van der Waals surface area contributed by atoms with Crippen molar-refractivity contribution in [3.63, 3.8) is 0 Å². The first kappa shape index (κ1) is 14.2. The van der Waals surface area contributed by atoms with E-state index < -0.39 is 27.0 Å². The van der Waals surface area contributed by atoms with Gasteiger partial charge in [-0.15, -0.1) is 0 Å². The summed E-state index contributed by atoms with van der Waals surface area (Å²) in [6.07, 6.45) is 1.14. The minimum absolute atomic E-state index is 0.262. The molecule has 1 atom stereocenters. The number of hydrogen-bond acceptors (Lipinski definition) is 5. The Morgan fingerprint density at radius 3 is 2.40 bits per heavy atom. The number of aliphatic carboxylic acids is 1. The van der Waals surface area contributed by atoms with Gasteiger partial charge in [-0.05, 0) is 0 Å². The predicted octanol–water partition coefficient (Wildman–Crippen LogP) is 0.561. The third-order valence-electron chi connectivity index (χ3n) is 2.73. The van der Waals surface area contributed by atoms with E-state index in [1.807, 2.05) is 0 Å². The van der Waals surface area contributed by atoms with Gasteiger partial charge in [0, 0.05) is 18.8 Å². The van der Waals surface area contributed by atoms with Gasteiger partial charge in [0.1, 0.15) is 5.84 Å². The van der Waals surface area contributed by atoms with Crippen LogP contribution in [0.5, 0.6) is 0 Å². The van der Waals surface area contributed by atoms with Crippen molar-refractivity contribution in [3.8, 4) is 0 Å². The van der Waals surface area contributed by atoms with Crippen molar-refractivity contribution in [2.24, 2.45) is 4.99 Å². The van der Waals surface area contributed by atoms with Crippen molar-refractivity contribution >= 4 is 21.9 Å². The van der Waals surface area contributed by atoms with Crippen LogP contribution in [0.1, 0.15) is 5.56 Å². The van der Waals surface area contributed by atoms with Crippen molar-refractivity contribution in [1.29, 1.82) is 0 Å². The highest BCUT2D eigenvalue weighted by molar-refractivity contribution is 7.86. The molecule has 20 heavy (non-hydrogen) atoms. The maximum atomic E-state index is 11.3. The molecular weight excluding hydrogens is 284 g/mol.